The molecule has 4 rings (SSSR count). The summed E-state index contributed by atoms with van der Waals surface area (Å²) in [6, 6.07) is 5.80. The minimum Gasteiger partial charge on any atom is -0.335 e. The molecule has 1 aliphatic rings. The quantitative estimate of drug-likeness (QED) is 0.544. The zero-order valence-electron chi connectivity index (χ0n) is 15.8. The van der Waals surface area contributed by atoms with E-state index in [2.05, 4.69) is 5.10 Å². The van der Waals surface area contributed by atoms with Gasteiger partial charge in [0.1, 0.15) is 10.6 Å². The Hall–Kier alpha value is -2.17. The molecule has 0 bridgehead atoms. The van der Waals surface area contributed by atoms with Crippen molar-refractivity contribution in [1.82, 2.24) is 19.6 Å². The van der Waals surface area contributed by atoms with Gasteiger partial charge in [-0.25, -0.2) is 4.39 Å². The number of piperazine rings is 1. The van der Waals surface area contributed by atoms with Crippen LogP contribution in [0.2, 0.25) is 5.02 Å². The van der Waals surface area contributed by atoms with Gasteiger partial charge in [-0.05, 0) is 18.2 Å². The number of rotatable bonds is 3. The van der Waals surface area contributed by atoms with Crippen molar-refractivity contribution >= 4 is 39.1 Å². The standard InChI is InChI=1S/C19H17ClF4N4OS/c1-26-18-11(16(25-26)19(22,23)24)9-15(30-18)17(29)28-7-5-27(6-8-28)10-12-13(20)3-2-4-14(12)21/h2-4,9H,5-8,10H2,1H3. The monoisotopic (exact) mass is 460 g/mol. The minimum atomic E-state index is -4.58. The maximum absolute atomic E-state index is 14.0. The molecule has 160 valence electrons. The highest BCUT2D eigenvalue weighted by atomic mass is 35.5. The topological polar surface area (TPSA) is 41.4 Å². The number of thiophene rings is 1. The van der Waals surface area contributed by atoms with Crippen LogP contribution < -0.4 is 0 Å². The van der Waals surface area contributed by atoms with E-state index in [1.165, 1.54) is 19.2 Å². The van der Waals surface area contributed by atoms with Gasteiger partial charge in [0, 0.05) is 55.7 Å². The van der Waals surface area contributed by atoms with Crippen molar-refractivity contribution in [3.05, 3.63) is 51.2 Å². The normalized spacial score (nSPS) is 15.9. The van der Waals surface area contributed by atoms with Gasteiger partial charge < -0.3 is 4.90 Å². The first-order chi connectivity index (χ1) is 14.1. The number of hydrogen-bond donors (Lipinski definition) is 0. The molecule has 1 saturated heterocycles. The summed E-state index contributed by atoms with van der Waals surface area (Å²) in [5.74, 6) is -0.687. The van der Waals surface area contributed by atoms with Gasteiger partial charge in [0.15, 0.2) is 5.69 Å². The van der Waals surface area contributed by atoms with E-state index in [1.54, 1.807) is 17.0 Å². The van der Waals surface area contributed by atoms with Gasteiger partial charge in [-0.2, -0.15) is 18.3 Å². The Morgan fingerprint density at radius 1 is 1.23 bits per heavy atom. The molecule has 1 aromatic carbocycles. The van der Waals surface area contributed by atoms with E-state index < -0.39 is 11.9 Å². The molecule has 3 heterocycles. The van der Waals surface area contributed by atoms with Gasteiger partial charge in [0.05, 0.1) is 4.88 Å². The molecule has 1 aliphatic heterocycles. The molecule has 0 spiro atoms. The fourth-order valence-corrected chi connectivity index (χ4v) is 4.79. The van der Waals surface area contributed by atoms with E-state index in [1.807, 2.05) is 4.90 Å². The minimum absolute atomic E-state index is 0.0637. The Bertz CT molecular complexity index is 1080. The van der Waals surface area contributed by atoms with Crippen molar-refractivity contribution in [3.63, 3.8) is 0 Å². The first-order valence-electron chi connectivity index (χ1n) is 9.13. The number of carbonyl (C=O) groups is 1. The highest BCUT2D eigenvalue weighted by Crippen LogP contribution is 2.37. The number of aryl methyl sites for hydroxylation is 1. The Kier molecular flexibility index (Phi) is 5.50. The lowest BCUT2D eigenvalue weighted by molar-refractivity contribution is -0.140. The Morgan fingerprint density at radius 3 is 2.57 bits per heavy atom. The van der Waals surface area contributed by atoms with Gasteiger partial charge in [-0.3, -0.25) is 14.4 Å². The lowest BCUT2D eigenvalue weighted by Crippen LogP contribution is -2.48. The lowest BCUT2D eigenvalue weighted by atomic mass is 10.1. The Labute approximate surface area is 178 Å². The fraction of sp³-hybridized carbons (Fsp3) is 0.368. The number of benzene rings is 1. The molecule has 1 amide bonds. The van der Waals surface area contributed by atoms with Crippen LogP contribution in [-0.4, -0.2) is 51.7 Å². The number of nitrogens with zero attached hydrogens (tertiary/aromatic N) is 4. The van der Waals surface area contributed by atoms with Crippen LogP contribution >= 0.6 is 22.9 Å². The smallest absolute Gasteiger partial charge is 0.335 e. The maximum Gasteiger partial charge on any atom is 0.435 e. The molecule has 30 heavy (non-hydrogen) atoms. The van der Waals surface area contributed by atoms with Crippen molar-refractivity contribution in [2.24, 2.45) is 7.05 Å². The molecule has 0 unspecified atom stereocenters. The van der Waals surface area contributed by atoms with E-state index in [0.29, 0.717) is 48.1 Å². The number of carbonyl (C=O) groups excluding carboxylic acids is 1. The Balaban J connectivity index is 1.46. The van der Waals surface area contributed by atoms with E-state index >= 15 is 0 Å². The number of amides is 1. The summed E-state index contributed by atoms with van der Waals surface area (Å²) >= 11 is 7.07. The molecule has 0 N–H and O–H groups in total. The molecular weight excluding hydrogens is 444 g/mol. The second kappa shape index (κ2) is 7.82. The van der Waals surface area contributed by atoms with Gasteiger partial charge >= 0.3 is 6.18 Å². The average molecular weight is 461 g/mol. The van der Waals surface area contributed by atoms with Gasteiger partial charge in [0.25, 0.3) is 5.91 Å². The predicted molar refractivity (Wildman–Crippen MR) is 106 cm³/mol. The number of fused-ring (bicyclic) bond motifs is 1. The molecule has 2 aromatic heterocycles. The van der Waals surface area contributed by atoms with Crippen LogP contribution in [0.4, 0.5) is 17.6 Å². The molecule has 0 aliphatic carbocycles. The maximum atomic E-state index is 14.0. The van der Waals surface area contributed by atoms with Crippen molar-refractivity contribution < 1.29 is 22.4 Å². The number of hydrogen-bond acceptors (Lipinski definition) is 4. The Morgan fingerprint density at radius 2 is 1.93 bits per heavy atom. The van der Waals surface area contributed by atoms with Crippen molar-refractivity contribution in [2.75, 3.05) is 26.2 Å². The second-order valence-corrected chi connectivity index (χ2v) is 8.51. The third kappa shape index (κ3) is 3.91. The molecule has 1 fully saturated rings. The van der Waals surface area contributed by atoms with Crippen LogP contribution in [-0.2, 0) is 19.8 Å². The SMILES string of the molecule is Cn1nc(C(F)(F)F)c2cc(C(=O)N3CCN(Cc4c(F)cccc4Cl)CC3)sc21. The van der Waals surface area contributed by atoms with Crippen molar-refractivity contribution in [3.8, 4) is 0 Å². The van der Waals surface area contributed by atoms with Crippen LogP contribution in [0, 0.1) is 5.82 Å². The third-order valence-electron chi connectivity index (χ3n) is 5.09. The number of aromatic nitrogens is 2. The van der Waals surface area contributed by atoms with Gasteiger partial charge in [0.2, 0.25) is 0 Å². The van der Waals surface area contributed by atoms with Gasteiger partial charge in [-0.1, -0.05) is 17.7 Å². The summed E-state index contributed by atoms with van der Waals surface area (Å²) in [6.07, 6.45) is -4.58. The van der Waals surface area contributed by atoms with Crippen molar-refractivity contribution in [1.29, 1.82) is 0 Å². The molecule has 0 atom stereocenters. The lowest BCUT2D eigenvalue weighted by Gasteiger charge is -2.34. The zero-order valence-corrected chi connectivity index (χ0v) is 17.4. The second-order valence-electron chi connectivity index (χ2n) is 7.07. The molecule has 5 nitrogen and oxygen atoms in total. The molecule has 0 saturated carbocycles. The summed E-state index contributed by atoms with van der Waals surface area (Å²) in [5, 5.41) is 3.82. The van der Waals surface area contributed by atoms with Crippen LogP contribution in [0.15, 0.2) is 24.3 Å². The van der Waals surface area contributed by atoms with Crippen LogP contribution in [0.25, 0.3) is 10.2 Å². The van der Waals surface area contributed by atoms with E-state index in [-0.39, 0.29) is 22.0 Å². The zero-order chi connectivity index (χ0) is 21.6. The average Bonchev–Trinajstić information content (AvgIpc) is 3.25. The summed E-state index contributed by atoms with van der Waals surface area (Å²) in [6.45, 7) is 2.14. The van der Waals surface area contributed by atoms with Crippen molar-refractivity contribution in [2.45, 2.75) is 12.7 Å². The first kappa shape index (κ1) is 21.1. The number of halogens is 5. The van der Waals surface area contributed by atoms with E-state index in [0.717, 1.165) is 16.0 Å². The third-order valence-corrected chi connectivity index (χ3v) is 6.64. The largest absolute Gasteiger partial charge is 0.435 e. The molecule has 0 radical (unpaired) electrons. The summed E-state index contributed by atoms with van der Waals surface area (Å²) in [7, 11) is 1.43. The number of alkyl halides is 3. The van der Waals surface area contributed by atoms with Crippen LogP contribution in [0.3, 0.4) is 0 Å². The molecular formula is C19H17ClF4N4OS. The van der Waals surface area contributed by atoms with E-state index in [9.17, 15) is 22.4 Å². The fourth-order valence-electron chi connectivity index (χ4n) is 3.53. The first-order valence-corrected chi connectivity index (χ1v) is 10.3. The predicted octanol–water partition coefficient (Wildman–Crippen LogP) is 4.40. The van der Waals surface area contributed by atoms with Gasteiger partial charge in [-0.15, -0.1) is 11.3 Å². The molecule has 3 aromatic rings. The highest BCUT2D eigenvalue weighted by Gasteiger charge is 2.38. The summed E-state index contributed by atoms with van der Waals surface area (Å²) < 4.78 is 54.6. The summed E-state index contributed by atoms with van der Waals surface area (Å²) in [4.78, 5) is 17.0. The van der Waals surface area contributed by atoms with Crippen LogP contribution in [0.5, 0.6) is 0 Å². The van der Waals surface area contributed by atoms with Crippen LogP contribution in [0.1, 0.15) is 20.9 Å². The molecule has 11 heteroatoms. The highest BCUT2D eigenvalue weighted by molar-refractivity contribution is 7.20. The summed E-state index contributed by atoms with van der Waals surface area (Å²) in [5.41, 5.74) is -0.572. The van der Waals surface area contributed by atoms with E-state index in [4.69, 9.17) is 11.6 Å².